The molecule has 0 spiro atoms. The Labute approximate surface area is 116 Å². The molecule has 0 N–H and O–H groups in total. The van der Waals surface area contributed by atoms with Crippen LogP contribution in [-0.2, 0) is 6.54 Å². The molecular formula is C14H19BrFNO. The largest absolute Gasteiger partial charge is 0.494 e. The second-order valence-electron chi connectivity index (χ2n) is 4.71. The SMILES string of the molecule is COc1cccc(CN2CCCCC2CBr)c1F. The predicted octanol–water partition coefficient (Wildman–Crippen LogP) is 3.58. The molecule has 1 aromatic rings. The second kappa shape index (κ2) is 6.53. The van der Waals surface area contributed by atoms with E-state index in [1.165, 1.54) is 26.4 Å². The molecule has 1 saturated heterocycles. The lowest BCUT2D eigenvalue weighted by molar-refractivity contribution is 0.154. The van der Waals surface area contributed by atoms with Crippen LogP contribution in [0.4, 0.5) is 4.39 Å². The molecule has 1 atom stereocenters. The summed E-state index contributed by atoms with van der Waals surface area (Å²) in [6.07, 6.45) is 3.67. The second-order valence-corrected chi connectivity index (χ2v) is 5.36. The number of nitrogens with zero attached hydrogens (tertiary/aromatic N) is 1. The van der Waals surface area contributed by atoms with Crippen molar-refractivity contribution in [3.8, 4) is 5.75 Å². The highest BCUT2D eigenvalue weighted by Gasteiger charge is 2.22. The van der Waals surface area contributed by atoms with Gasteiger partial charge in [0.05, 0.1) is 7.11 Å². The van der Waals surface area contributed by atoms with E-state index in [-0.39, 0.29) is 5.82 Å². The molecule has 1 fully saturated rings. The molecular weight excluding hydrogens is 297 g/mol. The van der Waals surface area contributed by atoms with E-state index in [1.807, 2.05) is 12.1 Å². The zero-order valence-electron chi connectivity index (χ0n) is 10.7. The van der Waals surface area contributed by atoms with Crippen LogP contribution in [0.15, 0.2) is 18.2 Å². The number of piperidine rings is 1. The highest BCUT2D eigenvalue weighted by Crippen LogP contribution is 2.25. The molecule has 0 saturated carbocycles. The van der Waals surface area contributed by atoms with Crippen molar-refractivity contribution in [2.45, 2.75) is 31.8 Å². The number of methoxy groups -OCH3 is 1. The molecule has 4 heteroatoms. The van der Waals surface area contributed by atoms with Gasteiger partial charge in [-0.25, -0.2) is 4.39 Å². The third kappa shape index (κ3) is 3.04. The van der Waals surface area contributed by atoms with Crippen molar-refractivity contribution in [1.29, 1.82) is 0 Å². The summed E-state index contributed by atoms with van der Waals surface area (Å²) >= 11 is 3.55. The first-order valence-electron chi connectivity index (χ1n) is 6.37. The third-order valence-electron chi connectivity index (χ3n) is 3.56. The molecule has 0 aromatic heterocycles. The van der Waals surface area contributed by atoms with Gasteiger partial charge in [-0.15, -0.1) is 0 Å². The third-order valence-corrected chi connectivity index (χ3v) is 4.31. The number of ether oxygens (including phenoxy) is 1. The van der Waals surface area contributed by atoms with Crippen molar-refractivity contribution >= 4 is 15.9 Å². The Hall–Kier alpha value is -0.610. The lowest BCUT2D eigenvalue weighted by atomic mass is 10.0. The van der Waals surface area contributed by atoms with Crippen molar-refractivity contribution in [2.24, 2.45) is 0 Å². The molecule has 1 unspecified atom stereocenters. The topological polar surface area (TPSA) is 12.5 Å². The zero-order valence-corrected chi connectivity index (χ0v) is 12.2. The van der Waals surface area contributed by atoms with Crippen LogP contribution in [0.5, 0.6) is 5.75 Å². The summed E-state index contributed by atoms with van der Waals surface area (Å²) in [6, 6.07) is 5.88. The molecule has 0 aliphatic carbocycles. The molecule has 0 bridgehead atoms. The molecule has 1 aliphatic heterocycles. The Balaban J connectivity index is 2.12. The van der Waals surface area contributed by atoms with E-state index in [2.05, 4.69) is 20.8 Å². The first-order valence-corrected chi connectivity index (χ1v) is 7.49. The van der Waals surface area contributed by atoms with Crippen LogP contribution in [0.2, 0.25) is 0 Å². The molecule has 2 rings (SSSR count). The Kier molecular flexibility index (Phi) is 5.01. The molecule has 18 heavy (non-hydrogen) atoms. The van der Waals surface area contributed by atoms with Crippen LogP contribution in [0.3, 0.4) is 0 Å². The summed E-state index contributed by atoms with van der Waals surface area (Å²) in [7, 11) is 1.50. The normalized spacial score (nSPS) is 20.9. The van der Waals surface area contributed by atoms with Gasteiger partial charge in [0.25, 0.3) is 0 Å². The molecule has 0 amide bonds. The molecule has 1 heterocycles. The lowest BCUT2D eigenvalue weighted by Crippen LogP contribution is -2.40. The first-order chi connectivity index (χ1) is 8.76. The molecule has 0 radical (unpaired) electrons. The average Bonchev–Trinajstić information content (AvgIpc) is 2.42. The first kappa shape index (κ1) is 13.8. The number of benzene rings is 1. The Morgan fingerprint density at radius 3 is 3.00 bits per heavy atom. The monoisotopic (exact) mass is 315 g/mol. The van der Waals surface area contributed by atoms with E-state index in [0.717, 1.165) is 17.4 Å². The maximum atomic E-state index is 14.1. The fraction of sp³-hybridized carbons (Fsp3) is 0.571. The molecule has 2 nitrogen and oxygen atoms in total. The quantitative estimate of drug-likeness (QED) is 0.787. The highest BCUT2D eigenvalue weighted by molar-refractivity contribution is 9.09. The van der Waals surface area contributed by atoms with Crippen LogP contribution >= 0.6 is 15.9 Å². The minimum Gasteiger partial charge on any atom is -0.494 e. The number of likely N-dealkylation sites (tertiary alicyclic amines) is 1. The standard InChI is InChI=1S/C14H19BrFNO/c1-18-13-7-4-5-11(14(13)16)10-17-8-3-2-6-12(17)9-15/h4-5,7,12H,2-3,6,8-10H2,1H3. The van der Waals surface area contributed by atoms with Gasteiger partial charge < -0.3 is 4.74 Å². The van der Waals surface area contributed by atoms with Crippen LogP contribution in [0.1, 0.15) is 24.8 Å². The molecule has 100 valence electrons. The summed E-state index contributed by atoms with van der Waals surface area (Å²) in [4.78, 5) is 2.36. The summed E-state index contributed by atoms with van der Waals surface area (Å²) in [5.74, 6) is 0.110. The summed E-state index contributed by atoms with van der Waals surface area (Å²) in [6.45, 7) is 1.71. The number of halogens is 2. The van der Waals surface area contributed by atoms with Gasteiger partial charge in [-0.3, -0.25) is 4.90 Å². The number of rotatable bonds is 4. The van der Waals surface area contributed by atoms with Gasteiger partial charge in [0.1, 0.15) is 0 Å². The van der Waals surface area contributed by atoms with Crippen molar-refractivity contribution in [3.63, 3.8) is 0 Å². The summed E-state index contributed by atoms with van der Waals surface area (Å²) < 4.78 is 19.1. The number of hydrogen-bond acceptors (Lipinski definition) is 2. The highest BCUT2D eigenvalue weighted by atomic mass is 79.9. The molecule has 1 aromatic carbocycles. The Morgan fingerprint density at radius 2 is 2.28 bits per heavy atom. The van der Waals surface area contributed by atoms with Crippen LogP contribution in [0, 0.1) is 5.82 Å². The van der Waals surface area contributed by atoms with E-state index in [1.54, 1.807) is 6.07 Å². The fourth-order valence-electron chi connectivity index (χ4n) is 2.50. The van der Waals surface area contributed by atoms with Crippen LogP contribution in [0.25, 0.3) is 0 Å². The van der Waals surface area contributed by atoms with Gasteiger partial charge in [-0.2, -0.15) is 0 Å². The maximum absolute atomic E-state index is 14.1. The number of hydrogen-bond donors (Lipinski definition) is 0. The van der Waals surface area contributed by atoms with Crippen molar-refractivity contribution < 1.29 is 9.13 Å². The summed E-state index contributed by atoms with van der Waals surface area (Å²) in [5.41, 5.74) is 0.724. The van der Waals surface area contributed by atoms with Crippen LogP contribution < -0.4 is 4.74 Å². The minimum absolute atomic E-state index is 0.223. The predicted molar refractivity (Wildman–Crippen MR) is 74.8 cm³/mol. The van der Waals surface area contributed by atoms with E-state index in [0.29, 0.717) is 18.3 Å². The molecule has 1 aliphatic rings. The van der Waals surface area contributed by atoms with E-state index in [4.69, 9.17) is 4.74 Å². The maximum Gasteiger partial charge on any atom is 0.169 e. The van der Waals surface area contributed by atoms with Gasteiger partial charge in [-0.05, 0) is 25.5 Å². The van der Waals surface area contributed by atoms with E-state index < -0.39 is 0 Å². The van der Waals surface area contributed by atoms with Gasteiger partial charge in [0, 0.05) is 23.5 Å². The minimum atomic E-state index is -0.223. The van der Waals surface area contributed by atoms with Crippen LogP contribution in [-0.4, -0.2) is 29.9 Å². The zero-order chi connectivity index (χ0) is 13.0. The van der Waals surface area contributed by atoms with Crippen molar-refractivity contribution in [2.75, 3.05) is 19.0 Å². The average molecular weight is 316 g/mol. The van der Waals surface area contributed by atoms with E-state index in [9.17, 15) is 4.39 Å². The van der Waals surface area contributed by atoms with Gasteiger partial charge >= 0.3 is 0 Å². The van der Waals surface area contributed by atoms with Crippen molar-refractivity contribution in [3.05, 3.63) is 29.6 Å². The van der Waals surface area contributed by atoms with Gasteiger partial charge in [-0.1, -0.05) is 34.5 Å². The number of alkyl halides is 1. The van der Waals surface area contributed by atoms with Crippen molar-refractivity contribution in [1.82, 2.24) is 4.90 Å². The van der Waals surface area contributed by atoms with Gasteiger partial charge in [0.2, 0.25) is 0 Å². The van der Waals surface area contributed by atoms with Gasteiger partial charge in [0.15, 0.2) is 11.6 Å². The Bertz CT molecular complexity index is 399. The Morgan fingerprint density at radius 1 is 1.44 bits per heavy atom. The lowest BCUT2D eigenvalue weighted by Gasteiger charge is -2.34. The smallest absolute Gasteiger partial charge is 0.169 e. The summed E-state index contributed by atoms with van der Waals surface area (Å²) in [5, 5.41) is 0.957. The fourth-order valence-corrected chi connectivity index (χ4v) is 3.23. The van der Waals surface area contributed by atoms with E-state index >= 15 is 0 Å².